The van der Waals surface area contributed by atoms with Crippen molar-refractivity contribution in [3.05, 3.63) is 11.8 Å². The van der Waals surface area contributed by atoms with E-state index in [9.17, 15) is 40.5 Å². The van der Waals surface area contributed by atoms with Gasteiger partial charge in [-0.25, -0.2) is 4.79 Å². The van der Waals surface area contributed by atoms with Crippen molar-refractivity contribution in [2.45, 2.75) is 80.7 Å². The second kappa shape index (κ2) is 9.70. The highest BCUT2D eigenvalue weighted by molar-refractivity contribution is 5.91. The molecule has 0 aromatic carbocycles. The van der Waals surface area contributed by atoms with Crippen LogP contribution < -0.4 is 0 Å². The van der Waals surface area contributed by atoms with Crippen molar-refractivity contribution in [1.29, 1.82) is 0 Å². The van der Waals surface area contributed by atoms with Gasteiger partial charge in [0.25, 0.3) is 0 Å². The largest absolute Gasteiger partial charge is 0.471 e. The lowest BCUT2D eigenvalue weighted by atomic mass is 9.77. The molecule has 1 saturated carbocycles. The van der Waals surface area contributed by atoms with Gasteiger partial charge in [-0.3, -0.25) is 0 Å². The number of rotatable bonds is 7. The average molecular weight is 480 g/mol. The molecular weight excluding hydrogens is 448 g/mol. The highest BCUT2D eigenvalue weighted by Gasteiger charge is 2.68. The SMILES string of the molecule is COC(=O)C1=COC(OC2OC(CO)C(O)C(O)C2O)C2C1(O)CC(OCC(C)O)C2(C)O. The number of hydrogen-bond acceptors (Lipinski definition) is 13. The predicted octanol–water partition coefficient (Wildman–Crippen LogP) is -3.52. The zero-order valence-electron chi connectivity index (χ0n) is 18.5. The minimum Gasteiger partial charge on any atom is -0.471 e. The van der Waals surface area contributed by atoms with Crippen molar-refractivity contribution < 1.29 is 64.2 Å². The van der Waals surface area contributed by atoms with Crippen LogP contribution in [0, 0.1) is 5.92 Å². The molecule has 0 spiro atoms. The fraction of sp³-hybridized carbons (Fsp3) is 0.850. The quantitative estimate of drug-likeness (QED) is 0.177. The van der Waals surface area contributed by atoms with E-state index in [4.69, 9.17) is 23.7 Å². The summed E-state index contributed by atoms with van der Waals surface area (Å²) in [6.45, 7) is 1.94. The van der Waals surface area contributed by atoms with Gasteiger partial charge in [-0.2, -0.15) is 0 Å². The van der Waals surface area contributed by atoms with Crippen LogP contribution in [0.15, 0.2) is 11.8 Å². The lowest BCUT2D eigenvalue weighted by molar-refractivity contribution is -0.352. The summed E-state index contributed by atoms with van der Waals surface area (Å²) in [5.41, 5.74) is -4.24. The van der Waals surface area contributed by atoms with Crippen LogP contribution in [0.3, 0.4) is 0 Å². The Morgan fingerprint density at radius 1 is 1.21 bits per heavy atom. The Morgan fingerprint density at radius 3 is 2.45 bits per heavy atom. The minimum absolute atomic E-state index is 0.167. The van der Waals surface area contributed by atoms with Gasteiger partial charge in [0.05, 0.1) is 44.7 Å². The number of esters is 1. The summed E-state index contributed by atoms with van der Waals surface area (Å²) in [7, 11) is 1.10. The van der Waals surface area contributed by atoms with E-state index >= 15 is 0 Å². The molecule has 11 unspecified atom stereocenters. The summed E-state index contributed by atoms with van der Waals surface area (Å²) >= 11 is 0. The molecule has 0 amide bonds. The smallest absolute Gasteiger partial charge is 0.339 e. The first-order valence-electron chi connectivity index (χ1n) is 10.5. The van der Waals surface area contributed by atoms with E-state index in [2.05, 4.69) is 0 Å². The number of methoxy groups -OCH3 is 1. The van der Waals surface area contributed by atoms with E-state index < -0.39 is 78.9 Å². The van der Waals surface area contributed by atoms with Gasteiger partial charge in [-0.05, 0) is 13.8 Å². The molecule has 3 rings (SSSR count). The van der Waals surface area contributed by atoms with Crippen LogP contribution in [-0.4, -0.2) is 122 Å². The summed E-state index contributed by atoms with van der Waals surface area (Å²) in [5.74, 6) is -2.30. The molecule has 11 atom stereocenters. The molecule has 0 radical (unpaired) electrons. The third-order valence-electron chi connectivity index (χ3n) is 6.41. The lowest BCUT2D eigenvalue weighted by Gasteiger charge is -2.46. The fourth-order valence-corrected chi connectivity index (χ4v) is 4.63. The second-order valence-electron chi connectivity index (χ2n) is 8.86. The Kier molecular flexibility index (Phi) is 7.70. The van der Waals surface area contributed by atoms with Crippen molar-refractivity contribution in [3.8, 4) is 0 Å². The van der Waals surface area contributed by atoms with Crippen LogP contribution in [-0.2, 0) is 28.5 Å². The van der Waals surface area contributed by atoms with Crippen LogP contribution >= 0.6 is 0 Å². The third kappa shape index (κ3) is 4.62. The summed E-state index contributed by atoms with van der Waals surface area (Å²) in [5, 5.41) is 72.1. The molecule has 3 aliphatic rings. The topological polar surface area (TPSA) is 205 Å². The number of aliphatic hydroxyl groups excluding tert-OH is 5. The van der Waals surface area contributed by atoms with E-state index in [1.165, 1.54) is 13.8 Å². The summed E-state index contributed by atoms with van der Waals surface area (Å²) < 4.78 is 26.8. The zero-order chi connectivity index (χ0) is 24.7. The second-order valence-corrected chi connectivity index (χ2v) is 8.86. The van der Waals surface area contributed by atoms with E-state index in [-0.39, 0.29) is 18.6 Å². The maximum Gasteiger partial charge on any atom is 0.339 e. The molecule has 2 aliphatic heterocycles. The number of hydrogen-bond donors (Lipinski definition) is 7. The molecule has 1 aliphatic carbocycles. The molecule has 1 saturated heterocycles. The van der Waals surface area contributed by atoms with Crippen LogP contribution in [0.1, 0.15) is 20.3 Å². The number of ether oxygens (including phenoxy) is 5. The Hall–Kier alpha value is -1.39. The van der Waals surface area contributed by atoms with E-state index in [0.717, 1.165) is 13.4 Å². The summed E-state index contributed by atoms with van der Waals surface area (Å²) in [6.07, 6.45) is -10.8. The normalized spacial score (nSPS) is 46.2. The van der Waals surface area contributed by atoms with Crippen LogP contribution in [0.25, 0.3) is 0 Å². The maximum atomic E-state index is 12.3. The monoisotopic (exact) mass is 480 g/mol. The first kappa shape index (κ1) is 26.2. The molecule has 13 heteroatoms. The highest BCUT2D eigenvalue weighted by Crippen LogP contribution is 2.53. The number of carbonyl (C=O) groups excluding carboxylic acids is 1. The Labute approximate surface area is 189 Å². The molecule has 0 aromatic heterocycles. The van der Waals surface area contributed by atoms with Gasteiger partial charge in [0.15, 0.2) is 6.29 Å². The first-order valence-corrected chi connectivity index (χ1v) is 10.5. The van der Waals surface area contributed by atoms with Gasteiger partial charge in [0.1, 0.15) is 41.2 Å². The van der Waals surface area contributed by atoms with Crippen molar-refractivity contribution in [2.24, 2.45) is 5.92 Å². The predicted molar refractivity (Wildman–Crippen MR) is 105 cm³/mol. The molecule has 7 N–H and O–H groups in total. The van der Waals surface area contributed by atoms with Crippen LogP contribution in [0.5, 0.6) is 0 Å². The molecule has 2 fully saturated rings. The molecule has 190 valence electrons. The Balaban J connectivity index is 1.93. The average Bonchev–Trinajstić information content (AvgIpc) is 2.97. The lowest BCUT2D eigenvalue weighted by Crippen LogP contribution is -2.62. The van der Waals surface area contributed by atoms with Gasteiger partial charge in [-0.1, -0.05) is 0 Å². The van der Waals surface area contributed by atoms with Crippen LogP contribution in [0.4, 0.5) is 0 Å². The maximum absolute atomic E-state index is 12.3. The van der Waals surface area contributed by atoms with Gasteiger partial charge in [0, 0.05) is 6.42 Å². The minimum atomic E-state index is -2.06. The highest BCUT2D eigenvalue weighted by atomic mass is 16.8. The van der Waals surface area contributed by atoms with Gasteiger partial charge in [-0.15, -0.1) is 0 Å². The van der Waals surface area contributed by atoms with E-state index in [1.54, 1.807) is 0 Å². The van der Waals surface area contributed by atoms with E-state index in [0.29, 0.717) is 0 Å². The Morgan fingerprint density at radius 2 is 1.88 bits per heavy atom. The van der Waals surface area contributed by atoms with Gasteiger partial charge < -0.3 is 59.4 Å². The van der Waals surface area contributed by atoms with Gasteiger partial charge in [0.2, 0.25) is 6.29 Å². The van der Waals surface area contributed by atoms with E-state index in [1.807, 2.05) is 0 Å². The molecule has 0 bridgehead atoms. The van der Waals surface area contributed by atoms with Gasteiger partial charge >= 0.3 is 5.97 Å². The summed E-state index contributed by atoms with van der Waals surface area (Å²) in [4.78, 5) is 12.3. The van der Waals surface area contributed by atoms with Crippen molar-refractivity contribution in [1.82, 2.24) is 0 Å². The summed E-state index contributed by atoms with van der Waals surface area (Å²) in [6, 6.07) is 0. The number of aliphatic hydroxyl groups is 7. The molecule has 33 heavy (non-hydrogen) atoms. The standard InChI is InChI=1S/C20H32O13/c1-8(22)6-30-11-4-20(28)9(16(26)29-3)7-31-18(15(20)19(11,2)27)33-17-14(25)13(24)12(23)10(5-21)32-17/h7-8,10-15,17-18,21-25,27-28H,4-6H2,1-3H3. The zero-order valence-corrected chi connectivity index (χ0v) is 18.5. The number of fused-ring (bicyclic) bond motifs is 1. The Bertz CT molecular complexity index is 737. The molecule has 13 nitrogen and oxygen atoms in total. The van der Waals surface area contributed by atoms with Crippen LogP contribution in [0.2, 0.25) is 0 Å². The molecule has 2 heterocycles. The van der Waals surface area contributed by atoms with Crippen molar-refractivity contribution in [2.75, 3.05) is 20.3 Å². The van der Waals surface area contributed by atoms with Crippen molar-refractivity contribution in [3.63, 3.8) is 0 Å². The number of carbonyl (C=O) groups is 1. The first-order chi connectivity index (χ1) is 15.4. The molecular formula is C20H32O13. The third-order valence-corrected chi connectivity index (χ3v) is 6.41. The fourth-order valence-electron chi connectivity index (χ4n) is 4.63. The van der Waals surface area contributed by atoms with Crippen molar-refractivity contribution >= 4 is 5.97 Å². The molecule has 0 aromatic rings.